The summed E-state index contributed by atoms with van der Waals surface area (Å²) >= 11 is 3.17. The largest absolute Gasteiger partial charge is 0.483 e. The van der Waals surface area contributed by atoms with E-state index >= 15 is 0 Å². The van der Waals surface area contributed by atoms with Crippen LogP contribution in [0, 0.1) is 5.82 Å². The average Bonchev–Trinajstić information content (AvgIpc) is 2.27. The predicted molar refractivity (Wildman–Crippen MR) is 71.2 cm³/mol. The van der Waals surface area contributed by atoms with E-state index < -0.39 is 0 Å². The lowest BCUT2D eigenvalue weighted by molar-refractivity contribution is -0.123. The van der Waals surface area contributed by atoms with Crippen molar-refractivity contribution in [2.75, 3.05) is 33.8 Å². The first kappa shape index (κ1) is 14.9. The summed E-state index contributed by atoms with van der Waals surface area (Å²) in [7, 11) is 3.86. The molecular formula is C12H16BrFN2O2. The summed E-state index contributed by atoms with van der Waals surface area (Å²) in [5, 5.41) is 2.72. The van der Waals surface area contributed by atoms with E-state index in [-0.39, 0.29) is 18.3 Å². The van der Waals surface area contributed by atoms with Gasteiger partial charge in [0.25, 0.3) is 5.91 Å². The molecule has 1 N–H and O–H groups in total. The Morgan fingerprint density at radius 2 is 2.22 bits per heavy atom. The monoisotopic (exact) mass is 318 g/mol. The summed E-state index contributed by atoms with van der Waals surface area (Å²) in [6.07, 6.45) is 0. The number of benzene rings is 1. The quantitative estimate of drug-likeness (QED) is 0.867. The normalized spacial score (nSPS) is 10.5. The van der Waals surface area contributed by atoms with E-state index in [0.717, 1.165) is 6.54 Å². The first-order valence-corrected chi connectivity index (χ1v) is 6.27. The van der Waals surface area contributed by atoms with Crippen LogP contribution in [0.4, 0.5) is 4.39 Å². The highest BCUT2D eigenvalue weighted by atomic mass is 79.9. The Labute approximate surface area is 114 Å². The third-order valence-electron chi connectivity index (χ3n) is 2.13. The Hall–Kier alpha value is -1.14. The van der Waals surface area contributed by atoms with Gasteiger partial charge in [0.2, 0.25) is 0 Å². The molecule has 6 heteroatoms. The van der Waals surface area contributed by atoms with Crippen molar-refractivity contribution >= 4 is 21.8 Å². The zero-order valence-electron chi connectivity index (χ0n) is 10.4. The summed E-state index contributed by atoms with van der Waals surface area (Å²) in [4.78, 5) is 13.4. The molecule has 0 aliphatic heterocycles. The second kappa shape index (κ2) is 7.33. The van der Waals surface area contributed by atoms with Crippen LogP contribution in [-0.4, -0.2) is 44.6 Å². The van der Waals surface area contributed by atoms with Crippen LogP contribution in [0.5, 0.6) is 5.75 Å². The minimum absolute atomic E-state index is 0.0857. The fourth-order valence-electron chi connectivity index (χ4n) is 1.21. The number of nitrogens with one attached hydrogen (secondary N) is 1. The molecule has 0 saturated heterocycles. The lowest BCUT2D eigenvalue weighted by atomic mass is 10.3. The summed E-state index contributed by atoms with van der Waals surface area (Å²) in [6, 6.07) is 4.05. The molecule has 0 aliphatic carbocycles. The molecule has 1 aromatic rings. The van der Waals surface area contributed by atoms with E-state index in [2.05, 4.69) is 21.2 Å². The smallest absolute Gasteiger partial charge is 0.257 e. The fourth-order valence-corrected chi connectivity index (χ4v) is 1.67. The molecule has 100 valence electrons. The zero-order chi connectivity index (χ0) is 13.5. The highest BCUT2D eigenvalue weighted by Crippen LogP contribution is 2.25. The number of amides is 1. The highest BCUT2D eigenvalue weighted by molar-refractivity contribution is 9.10. The van der Waals surface area contributed by atoms with Crippen molar-refractivity contribution in [2.24, 2.45) is 0 Å². The lowest BCUT2D eigenvalue weighted by Crippen LogP contribution is -2.34. The molecule has 0 aromatic heterocycles. The zero-order valence-corrected chi connectivity index (χ0v) is 12.0. The van der Waals surface area contributed by atoms with Gasteiger partial charge in [0, 0.05) is 13.1 Å². The van der Waals surface area contributed by atoms with E-state index in [4.69, 9.17) is 4.74 Å². The van der Waals surface area contributed by atoms with Crippen molar-refractivity contribution in [3.8, 4) is 5.75 Å². The van der Waals surface area contributed by atoms with E-state index in [9.17, 15) is 9.18 Å². The van der Waals surface area contributed by atoms with E-state index in [1.54, 1.807) is 0 Å². The van der Waals surface area contributed by atoms with Gasteiger partial charge in [-0.1, -0.05) is 0 Å². The molecule has 4 nitrogen and oxygen atoms in total. The van der Waals surface area contributed by atoms with Crippen LogP contribution in [0.15, 0.2) is 22.7 Å². The van der Waals surface area contributed by atoms with Gasteiger partial charge in [-0.25, -0.2) is 4.39 Å². The second-order valence-electron chi connectivity index (χ2n) is 4.02. The van der Waals surface area contributed by atoms with Crippen molar-refractivity contribution in [1.29, 1.82) is 0 Å². The Bertz CT molecular complexity index is 413. The third-order valence-corrected chi connectivity index (χ3v) is 2.75. The van der Waals surface area contributed by atoms with Crippen LogP contribution >= 0.6 is 15.9 Å². The number of hydrogen-bond acceptors (Lipinski definition) is 3. The average molecular weight is 319 g/mol. The Balaban J connectivity index is 2.33. The molecule has 0 radical (unpaired) electrons. The molecule has 0 atom stereocenters. The third kappa shape index (κ3) is 5.46. The van der Waals surface area contributed by atoms with Crippen molar-refractivity contribution in [1.82, 2.24) is 10.2 Å². The van der Waals surface area contributed by atoms with Gasteiger partial charge in [0.15, 0.2) is 6.61 Å². The van der Waals surface area contributed by atoms with Crippen LogP contribution in [0.1, 0.15) is 0 Å². The molecule has 0 aliphatic rings. The van der Waals surface area contributed by atoms with Crippen LogP contribution in [0.25, 0.3) is 0 Å². The van der Waals surface area contributed by atoms with E-state index in [1.807, 2.05) is 19.0 Å². The van der Waals surface area contributed by atoms with Gasteiger partial charge >= 0.3 is 0 Å². The summed E-state index contributed by atoms with van der Waals surface area (Å²) in [5.41, 5.74) is 0. The van der Waals surface area contributed by atoms with Crippen molar-refractivity contribution in [3.63, 3.8) is 0 Å². The molecule has 0 unspecified atom stereocenters. The summed E-state index contributed by atoms with van der Waals surface area (Å²) < 4.78 is 18.6. The number of ether oxygens (including phenoxy) is 1. The maximum Gasteiger partial charge on any atom is 0.257 e. The van der Waals surface area contributed by atoms with Gasteiger partial charge in [-0.15, -0.1) is 0 Å². The van der Waals surface area contributed by atoms with Crippen molar-refractivity contribution in [3.05, 3.63) is 28.5 Å². The molecule has 0 spiro atoms. The topological polar surface area (TPSA) is 41.6 Å². The highest BCUT2D eigenvalue weighted by Gasteiger charge is 2.06. The molecule has 18 heavy (non-hydrogen) atoms. The molecule has 0 fully saturated rings. The van der Waals surface area contributed by atoms with Crippen LogP contribution in [0.2, 0.25) is 0 Å². The Morgan fingerprint density at radius 3 is 2.83 bits per heavy atom. The molecular weight excluding hydrogens is 303 g/mol. The number of carbonyl (C=O) groups excluding carboxylic acids is 1. The van der Waals surface area contributed by atoms with Crippen molar-refractivity contribution < 1.29 is 13.9 Å². The van der Waals surface area contributed by atoms with Gasteiger partial charge in [0.05, 0.1) is 4.47 Å². The maximum atomic E-state index is 12.8. The first-order chi connectivity index (χ1) is 8.49. The molecule has 1 aromatic carbocycles. The number of rotatable bonds is 6. The van der Waals surface area contributed by atoms with E-state index in [1.165, 1.54) is 18.2 Å². The number of nitrogens with zero attached hydrogens (tertiary/aromatic N) is 1. The van der Waals surface area contributed by atoms with Gasteiger partial charge in [0.1, 0.15) is 11.6 Å². The second-order valence-corrected chi connectivity index (χ2v) is 4.87. The van der Waals surface area contributed by atoms with Crippen molar-refractivity contribution in [2.45, 2.75) is 0 Å². The SMILES string of the molecule is CN(C)CCNC(=O)COc1ccc(F)cc1Br. The number of likely N-dealkylation sites (N-methyl/N-ethyl adjacent to an activating group) is 1. The number of halogens is 2. The molecule has 1 amide bonds. The predicted octanol–water partition coefficient (Wildman–Crippen LogP) is 1.64. The van der Waals surface area contributed by atoms with Gasteiger partial charge in [-0.3, -0.25) is 4.79 Å². The minimum atomic E-state index is -0.357. The first-order valence-electron chi connectivity index (χ1n) is 5.48. The van der Waals surface area contributed by atoms with Crippen LogP contribution < -0.4 is 10.1 Å². The molecule has 0 heterocycles. The molecule has 1 rings (SSSR count). The molecule has 0 bridgehead atoms. The van der Waals surface area contributed by atoms with E-state index in [0.29, 0.717) is 16.8 Å². The van der Waals surface area contributed by atoms with Gasteiger partial charge in [-0.2, -0.15) is 0 Å². The summed E-state index contributed by atoms with van der Waals surface area (Å²) in [6.45, 7) is 1.25. The maximum absolute atomic E-state index is 12.8. The Kier molecular flexibility index (Phi) is 6.07. The number of hydrogen-bond donors (Lipinski definition) is 1. The lowest BCUT2D eigenvalue weighted by Gasteiger charge is -2.11. The fraction of sp³-hybridized carbons (Fsp3) is 0.417. The van der Waals surface area contributed by atoms with Gasteiger partial charge in [-0.05, 0) is 48.2 Å². The molecule has 0 saturated carbocycles. The standard InChI is InChI=1S/C12H16BrFN2O2/c1-16(2)6-5-15-12(17)8-18-11-4-3-9(14)7-10(11)13/h3-4,7H,5-6,8H2,1-2H3,(H,15,17). The van der Waals surface area contributed by atoms with Crippen LogP contribution in [0.3, 0.4) is 0 Å². The van der Waals surface area contributed by atoms with Gasteiger partial charge < -0.3 is 15.0 Å². The minimum Gasteiger partial charge on any atom is -0.483 e. The number of carbonyl (C=O) groups is 1. The van der Waals surface area contributed by atoms with Crippen LogP contribution in [-0.2, 0) is 4.79 Å². The summed E-state index contributed by atoms with van der Waals surface area (Å²) in [5.74, 6) is -0.114. The Morgan fingerprint density at radius 1 is 1.50 bits per heavy atom.